The van der Waals surface area contributed by atoms with Crippen molar-refractivity contribution in [3.8, 4) is 0 Å². The fraction of sp³-hybridized carbons (Fsp3) is 0. The fourth-order valence-corrected chi connectivity index (χ4v) is 1.51. The van der Waals surface area contributed by atoms with E-state index in [2.05, 4.69) is 0 Å². The van der Waals surface area contributed by atoms with E-state index in [9.17, 15) is 34.2 Å². The third-order valence-corrected chi connectivity index (χ3v) is 2.29. The Morgan fingerprint density at radius 2 is 1.63 bits per heavy atom. The summed E-state index contributed by atoms with van der Waals surface area (Å²) in [5, 5.41) is 21.3. The zero-order valence-corrected chi connectivity index (χ0v) is 8.80. The number of hydrogen-bond donors (Lipinski definition) is 2. The molecule has 11 heteroatoms. The Kier molecular flexibility index (Phi) is 2.58. The minimum Gasteiger partial charge on any atom is -0.315 e. The summed E-state index contributed by atoms with van der Waals surface area (Å²) in [5.74, 6) is -1.70. The highest BCUT2D eigenvalue weighted by atomic mass is 19.1. The molecule has 0 spiro atoms. The highest BCUT2D eigenvalue weighted by Crippen LogP contribution is 2.32. The van der Waals surface area contributed by atoms with Crippen LogP contribution in [0.1, 0.15) is 0 Å². The van der Waals surface area contributed by atoms with Gasteiger partial charge in [-0.25, -0.2) is 0 Å². The average molecular weight is 270 g/mol. The lowest BCUT2D eigenvalue weighted by Crippen LogP contribution is -2.29. The van der Waals surface area contributed by atoms with Crippen molar-refractivity contribution >= 4 is 22.4 Å². The summed E-state index contributed by atoms with van der Waals surface area (Å²) in [6.45, 7) is 0. The van der Waals surface area contributed by atoms with Crippen LogP contribution in [0.5, 0.6) is 0 Å². The maximum atomic E-state index is 13.6. The summed E-state index contributed by atoms with van der Waals surface area (Å²) in [6.07, 6.45) is 0. The molecule has 2 rings (SSSR count). The van der Waals surface area contributed by atoms with Crippen molar-refractivity contribution in [3.63, 3.8) is 0 Å². The van der Waals surface area contributed by atoms with Gasteiger partial charge in [-0.1, -0.05) is 0 Å². The molecule has 0 fully saturated rings. The van der Waals surface area contributed by atoms with Gasteiger partial charge in [0.05, 0.1) is 15.4 Å². The van der Waals surface area contributed by atoms with Gasteiger partial charge in [-0.05, 0) is 0 Å². The number of aromatic amines is 2. The summed E-state index contributed by atoms with van der Waals surface area (Å²) < 4.78 is 13.6. The molecule has 1 heterocycles. The monoisotopic (exact) mass is 270 g/mol. The number of halogens is 1. The molecule has 0 atom stereocenters. The molecule has 98 valence electrons. The predicted octanol–water partition coefficient (Wildman–Crippen LogP) is 0.172. The number of nitro groups is 2. The molecular weight excluding hydrogens is 267 g/mol. The smallest absolute Gasteiger partial charge is 0.315 e. The maximum absolute atomic E-state index is 13.6. The third kappa shape index (κ3) is 1.82. The Bertz CT molecular complexity index is 837. The second kappa shape index (κ2) is 3.97. The van der Waals surface area contributed by atoms with Crippen LogP contribution in [-0.2, 0) is 0 Å². The van der Waals surface area contributed by atoms with Gasteiger partial charge in [0.15, 0.2) is 0 Å². The Hall–Kier alpha value is -3.11. The van der Waals surface area contributed by atoms with Crippen molar-refractivity contribution in [1.82, 2.24) is 9.97 Å². The first-order chi connectivity index (χ1) is 8.82. The number of aromatic nitrogens is 2. The molecule has 0 unspecified atom stereocenters. The van der Waals surface area contributed by atoms with Gasteiger partial charge in [0.1, 0.15) is 5.52 Å². The Labute approximate surface area is 100 Å². The second-order valence-corrected chi connectivity index (χ2v) is 3.40. The van der Waals surface area contributed by atoms with Crippen LogP contribution in [0.4, 0.5) is 15.8 Å². The van der Waals surface area contributed by atoms with E-state index in [1.165, 1.54) is 0 Å². The number of nitro benzene ring substituents is 2. The standard InChI is InChI=1S/C8H3FN4O6/c9-4-3(12(16)17)1-2-5(6(4)13(18)19)11-8(15)7(14)10-2/h1H,(H,10,14)(H,11,15). The third-order valence-electron chi connectivity index (χ3n) is 2.29. The van der Waals surface area contributed by atoms with Gasteiger partial charge in [0.25, 0.3) is 5.82 Å². The van der Waals surface area contributed by atoms with E-state index >= 15 is 0 Å². The first-order valence-electron chi connectivity index (χ1n) is 4.60. The fourth-order valence-electron chi connectivity index (χ4n) is 1.51. The topological polar surface area (TPSA) is 152 Å². The number of fused-ring (bicyclic) bond motifs is 1. The molecule has 2 N–H and O–H groups in total. The number of H-pyrrole nitrogens is 2. The van der Waals surface area contributed by atoms with Gasteiger partial charge in [0, 0.05) is 6.07 Å². The van der Waals surface area contributed by atoms with Crippen molar-refractivity contribution in [2.24, 2.45) is 0 Å². The van der Waals surface area contributed by atoms with Gasteiger partial charge in [-0.3, -0.25) is 29.8 Å². The number of benzene rings is 1. The van der Waals surface area contributed by atoms with E-state index in [1.807, 2.05) is 9.97 Å². The molecule has 0 saturated carbocycles. The molecule has 1 aromatic heterocycles. The quantitative estimate of drug-likeness (QED) is 0.450. The number of rotatable bonds is 2. The van der Waals surface area contributed by atoms with Crippen LogP contribution in [0.2, 0.25) is 0 Å². The minimum absolute atomic E-state index is 0.413. The van der Waals surface area contributed by atoms with Crippen LogP contribution in [-0.4, -0.2) is 19.8 Å². The number of nitrogens with one attached hydrogen (secondary N) is 2. The summed E-state index contributed by atoms with van der Waals surface area (Å²) >= 11 is 0. The summed E-state index contributed by atoms with van der Waals surface area (Å²) in [5.41, 5.74) is -5.90. The largest absolute Gasteiger partial charge is 0.337 e. The van der Waals surface area contributed by atoms with Crippen LogP contribution in [0, 0.1) is 26.0 Å². The van der Waals surface area contributed by atoms with Crippen LogP contribution >= 0.6 is 0 Å². The zero-order chi connectivity index (χ0) is 14.3. The molecule has 0 aliphatic carbocycles. The lowest BCUT2D eigenvalue weighted by atomic mass is 10.2. The van der Waals surface area contributed by atoms with Crippen molar-refractivity contribution in [3.05, 3.63) is 52.8 Å². The molecule has 10 nitrogen and oxygen atoms in total. The van der Waals surface area contributed by atoms with Crippen molar-refractivity contribution in [2.45, 2.75) is 0 Å². The van der Waals surface area contributed by atoms with Gasteiger partial charge in [-0.2, -0.15) is 4.39 Å². The normalized spacial score (nSPS) is 10.6. The molecule has 0 saturated heterocycles. The van der Waals surface area contributed by atoms with Crippen LogP contribution in [0.15, 0.2) is 15.7 Å². The van der Waals surface area contributed by atoms with Gasteiger partial charge < -0.3 is 9.97 Å². The highest BCUT2D eigenvalue weighted by molar-refractivity contribution is 5.86. The van der Waals surface area contributed by atoms with E-state index in [1.54, 1.807) is 0 Å². The van der Waals surface area contributed by atoms with Gasteiger partial charge in [-0.15, -0.1) is 0 Å². The van der Waals surface area contributed by atoms with Crippen LogP contribution < -0.4 is 11.1 Å². The van der Waals surface area contributed by atoms with E-state index in [0.717, 1.165) is 0 Å². The van der Waals surface area contributed by atoms with Crippen molar-refractivity contribution in [2.75, 3.05) is 0 Å². The van der Waals surface area contributed by atoms with Crippen LogP contribution in [0.3, 0.4) is 0 Å². The van der Waals surface area contributed by atoms with E-state index in [-0.39, 0.29) is 0 Å². The zero-order valence-electron chi connectivity index (χ0n) is 8.80. The molecular formula is C8H3FN4O6. The molecule has 19 heavy (non-hydrogen) atoms. The van der Waals surface area contributed by atoms with Crippen molar-refractivity contribution < 1.29 is 14.2 Å². The Balaban J connectivity index is 3.09. The Morgan fingerprint density at radius 3 is 2.16 bits per heavy atom. The lowest BCUT2D eigenvalue weighted by Gasteiger charge is -2.01. The van der Waals surface area contributed by atoms with E-state index in [0.29, 0.717) is 6.07 Å². The van der Waals surface area contributed by atoms with Gasteiger partial charge >= 0.3 is 22.5 Å². The highest BCUT2D eigenvalue weighted by Gasteiger charge is 2.30. The molecule has 0 bridgehead atoms. The van der Waals surface area contributed by atoms with E-state index < -0.39 is 49.2 Å². The first kappa shape index (κ1) is 12.3. The predicted molar refractivity (Wildman–Crippen MR) is 58.5 cm³/mol. The van der Waals surface area contributed by atoms with Crippen molar-refractivity contribution in [1.29, 1.82) is 0 Å². The summed E-state index contributed by atoms with van der Waals surface area (Å²) in [6, 6.07) is 0.592. The van der Waals surface area contributed by atoms with Crippen LogP contribution in [0.25, 0.3) is 11.0 Å². The molecule has 0 aliphatic rings. The molecule has 0 aliphatic heterocycles. The maximum Gasteiger partial charge on any atom is 0.337 e. The Morgan fingerprint density at radius 1 is 1.05 bits per heavy atom. The number of hydrogen-bond acceptors (Lipinski definition) is 6. The average Bonchev–Trinajstić information content (AvgIpc) is 2.29. The lowest BCUT2D eigenvalue weighted by molar-refractivity contribution is -0.398. The summed E-state index contributed by atoms with van der Waals surface area (Å²) in [4.78, 5) is 44.7. The molecule has 0 radical (unpaired) electrons. The van der Waals surface area contributed by atoms with E-state index in [4.69, 9.17) is 0 Å². The van der Waals surface area contributed by atoms with Gasteiger partial charge in [0.2, 0.25) is 0 Å². The molecule has 0 amide bonds. The second-order valence-electron chi connectivity index (χ2n) is 3.40. The first-order valence-corrected chi connectivity index (χ1v) is 4.60. The SMILES string of the molecule is O=c1[nH]c2cc([N+](=O)[O-])c(F)c([N+](=O)[O-])c2[nH]c1=O. The number of nitrogens with zero attached hydrogens (tertiary/aromatic N) is 2. The molecule has 1 aromatic carbocycles. The minimum atomic E-state index is -1.70. The summed E-state index contributed by atoms with van der Waals surface area (Å²) in [7, 11) is 0. The molecule has 2 aromatic rings.